The molecule has 0 saturated heterocycles. The fraction of sp³-hybridized carbons (Fsp3) is 0.533. The Morgan fingerprint density at radius 3 is 2.45 bits per heavy atom. The van der Waals surface area contributed by atoms with E-state index in [2.05, 4.69) is 5.32 Å². The van der Waals surface area contributed by atoms with Crippen LogP contribution in [-0.4, -0.2) is 28.3 Å². The van der Waals surface area contributed by atoms with Crippen LogP contribution in [0.25, 0.3) is 0 Å². The zero-order valence-corrected chi connectivity index (χ0v) is 11.8. The summed E-state index contributed by atoms with van der Waals surface area (Å²) < 4.78 is 12.8. The van der Waals surface area contributed by atoms with Crippen molar-refractivity contribution in [3.05, 3.63) is 35.6 Å². The molecule has 1 rings (SSSR count). The van der Waals surface area contributed by atoms with E-state index in [0.717, 1.165) is 12.8 Å². The lowest BCUT2D eigenvalue weighted by atomic mass is 10.0. The Kier molecular flexibility index (Phi) is 6.61. The smallest absolute Gasteiger partial charge is 0.320 e. The van der Waals surface area contributed by atoms with Crippen molar-refractivity contribution in [3.8, 4) is 0 Å². The van der Waals surface area contributed by atoms with Crippen LogP contribution in [0.1, 0.15) is 44.8 Å². The molecule has 0 fully saturated rings. The largest absolute Gasteiger partial charge is 0.480 e. The molecule has 1 aromatic carbocycles. The van der Waals surface area contributed by atoms with Gasteiger partial charge in [-0.25, -0.2) is 4.39 Å². The van der Waals surface area contributed by atoms with Crippen molar-refractivity contribution in [2.75, 3.05) is 0 Å². The van der Waals surface area contributed by atoms with Crippen LogP contribution in [0.2, 0.25) is 0 Å². The first-order valence-corrected chi connectivity index (χ1v) is 6.88. The Morgan fingerprint density at radius 1 is 1.35 bits per heavy atom. The number of hydrogen-bond donors (Lipinski definition) is 3. The van der Waals surface area contributed by atoms with Crippen LogP contribution in [0, 0.1) is 5.82 Å². The van der Waals surface area contributed by atoms with Crippen molar-refractivity contribution in [2.45, 2.75) is 51.3 Å². The van der Waals surface area contributed by atoms with Gasteiger partial charge in [0.25, 0.3) is 0 Å². The number of carbonyl (C=O) groups is 1. The highest BCUT2D eigenvalue weighted by molar-refractivity contribution is 5.73. The maximum atomic E-state index is 12.8. The summed E-state index contributed by atoms with van der Waals surface area (Å²) in [6.45, 7) is 3.71. The van der Waals surface area contributed by atoms with Crippen molar-refractivity contribution >= 4 is 5.97 Å². The van der Waals surface area contributed by atoms with Crippen molar-refractivity contribution < 1.29 is 19.4 Å². The zero-order chi connectivity index (χ0) is 15.1. The SMILES string of the molecule is CCCCC(NC(C)C(O)c1ccc(F)cc1)C(=O)O. The van der Waals surface area contributed by atoms with E-state index in [0.29, 0.717) is 12.0 Å². The first-order valence-electron chi connectivity index (χ1n) is 6.88. The monoisotopic (exact) mass is 283 g/mol. The molecule has 0 aliphatic rings. The molecule has 20 heavy (non-hydrogen) atoms. The molecule has 0 bridgehead atoms. The van der Waals surface area contributed by atoms with Crippen molar-refractivity contribution in [1.82, 2.24) is 5.32 Å². The highest BCUT2D eigenvalue weighted by Gasteiger charge is 2.23. The van der Waals surface area contributed by atoms with Crippen molar-refractivity contribution in [2.24, 2.45) is 0 Å². The van der Waals surface area contributed by atoms with Gasteiger partial charge < -0.3 is 10.2 Å². The minimum Gasteiger partial charge on any atom is -0.480 e. The van der Waals surface area contributed by atoms with E-state index in [1.54, 1.807) is 6.92 Å². The van der Waals surface area contributed by atoms with Gasteiger partial charge in [-0.05, 0) is 31.0 Å². The van der Waals surface area contributed by atoms with Crippen LogP contribution in [-0.2, 0) is 4.79 Å². The average Bonchev–Trinajstić information content (AvgIpc) is 2.42. The van der Waals surface area contributed by atoms with Gasteiger partial charge >= 0.3 is 5.97 Å². The Labute approximate surface area is 118 Å². The van der Waals surface area contributed by atoms with Crippen LogP contribution in [0.4, 0.5) is 4.39 Å². The Balaban J connectivity index is 2.65. The number of nitrogens with one attached hydrogen (secondary N) is 1. The van der Waals surface area contributed by atoms with E-state index >= 15 is 0 Å². The number of halogens is 1. The van der Waals surface area contributed by atoms with Gasteiger partial charge in [-0.3, -0.25) is 10.1 Å². The number of carboxylic acids is 1. The lowest BCUT2D eigenvalue weighted by Gasteiger charge is -2.24. The summed E-state index contributed by atoms with van der Waals surface area (Å²) in [4.78, 5) is 11.2. The number of aliphatic hydroxyl groups is 1. The topological polar surface area (TPSA) is 69.6 Å². The minimum absolute atomic E-state index is 0.368. The second-order valence-corrected chi connectivity index (χ2v) is 4.98. The van der Waals surface area contributed by atoms with E-state index in [4.69, 9.17) is 5.11 Å². The molecule has 3 unspecified atom stereocenters. The number of aliphatic hydroxyl groups excluding tert-OH is 1. The molecule has 0 aromatic heterocycles. The molecular formula is C15H22FNO3. The van der Waals surface area contributed by atoms with Gasteiger partial charge in [0.05, 0.1) is 6.10 Å². The van der Waals surface area contributed by atoms with E-state index in [1.807, 2.05) is 6.92 Å². The fourth-order valence-corrected chi connectivity index (χ4v) is 2.04. The van der Waals surface area contributed by atoms with Gasteiger partial charge in [0.15, 0.2) is 0 Å². The quantitative estimate of drug-likeness (QED) is 0.685. The van der Waals surface area contributed by atoms with Crippen LogP contribution >= 0.6 is 0 Å². The first kappa shape index (κ1) is 16.6. The van der Waals surface area contributed by atoms with Crippen LogP contribution in [0.3, 0.4) is 0 Å². The van der Waals surface area contributed by atoms with Gasteiger partial charge in [0.1, 0.15) is 11.9 Å². The van der Waals surface area contributed by atoms with Crippen molar-refractivity contribution in [1.29, 1.82) is 0 Å². The summed E-state index contributed by atoms with van der Waals surface area (Å²) in [6.07, 6.45) is 1.37. The zero-order valence-electron chi connectivity index (χ0n) is 11.8. The highest BCUT2D eigenvalue weighted by Crippen LogP contribution is 2.18. The third-order valence-electron chi connectivity index (χ3n) is 3.29. The Morgan fingerprint density at radius 2 is 1.95 bits per heavy atom. The first-order chi connectivity index (χ1) is 9.45. The summed E-state index contributed by atoms with van der Waals surface area (Å²) >= 11 is 0. The minimum atomic E-state index is -0.920. The molecule has 0 aliphatic heterocycles. The normalized spacial score (nSPS) is 15.6. The molecule has 4 nitrogen and oxygen atoms in total. The van der Waals surface area contributed by atoms with E-state index in [1.165, 1.54) is 24.3 Å². The second-order valence-electron chi connectivity index (χ2n) is 4.98. The van der Waals surface area contributed by atoms with Gasteiger partial charge in [0, 0.05) is 6.04 Å². The van der Waals surface area contributed by atoms with Gasteiger partial charge in [-0.1, -0.05) is 31.9 Å². The molecule has 0 radical (unpaired) electrons. The standard InChI is InChI=1S/C15H22FNO3/c1-3-4-5-13(15(19)20)17-10(2)14(18)11-6-8-12(16)9-7-11/h6-10,13-14,17-18H,3-5H2,1-2H3,(H,19,20). The lowest BCUT2D eigenvalue weighted by Crippen LogP contribution is -2.44. The molecule has 1 aromatic rings. The second kappa shape index (κ2) is 7.97. The lowest BCUT2D eigenvalue weighted by molar-refractivity contribution is -0.140. The number of benzene rings is 1. The average molecular weight is 283 g/mol. The molecule has 0 saturated carbocycles. The van der Waals surface area contributed by atoms with Crippen LogP contribution < -0.4 is 5.32 Å². The molecular weight excluding hydrogens is 261 g/mol. The molecule has 0 aliphatic carbocycles. The molecule has 112 valence electrons. The predicted octanol–water partition coefficient (Wildman–Crippen LogP) is 2.48. The predicted molar refractivity (Wildman–Crippen MR) is 74.9 cm³/mol. The molecule has 0 amide bonds. The molecule has 3 atom stereocenters. The highest BCUT2D eigenvalue weighted by atomic mass is 19.1. The summed E-state index contributed by atoms with van der Waals surface area (Å²) in [5, 5.41) is 22.2. The maximum absolute atomic E-state index is 12.8. The molecule has 3 N–H and O–H groups in total. The molecule has 0 heterocycles. The van der Waals surface area contributed by atoms with Gasteiger partial charge in [-0.15, -0.1) is 0 Å². The third-order valence-corrected chi connectivity index (χ3v) is 3.29. The van der Waals surface area contributed by atoms with E-state index < -0.39 is 24.2 Å². The van der Waals surface area contributed by atoms with Crippen LogP contribution in [0.15, 0.2) is 24.3 Å². The third kappa shape index (κ3) is 4.90. The number of carboxylic acid groups (broad SMARTS) is 1. The van der Waals surface area contributed by atoms with Gasteiger partial charge in [0.2, 0.25) is 0 Å². The maximum Gasteiger partial charge on any atom is 0.320 e. The summed E-state index contributed by atoms with van der Waals surface area (Å²) in [7, 11) is 0. The number of hydrogen-bond acceptors (Lipinski definition) is 3. The number of aliphatic carboxylic acids is 1. The van der Waals surface area contributed by atoms with E-state index in [9.17, 15) is 14.3 Å². The summed E-state index contributed by atoms with van der Waals surface area (Å²) in [5.74, 6) is -1.29. The van der Waals surface area contributed by atoms with E-state index in [-0.39, 0.29) is 5.82 Å². The summed E-state index contributed by atoms with van der Waals surface area (Å²) in [6, 6.07) is 4.44. The number of unbranched alkanes of at least 4 members (excludes halogenated alkanes) is 1. The Hall–Kier alpha value is -1.46. The fourth-order valence-electron chi connectivity index (χ4n) is 2.04. The van der Waals surface area contributed by atoms with Crippen LogP contribution in [0.5, 0.6) is 0 Å². The molecule has 5 heteroatoms. The van der Waals surface area contributed by atoms with Gasteiger partial charge in [-0.2, -0.15) is 0 Å². The summed E-state index contributed by atoms with van der Waals surface area (Å²) in [5.41, 5.74) is 0.561. The number of rotatable bonds is 8. The Bertz CT molecular complexity index is 422. The molecule has 0 spiro atoms. The van der Waals surface area contributed by atoms with Crippen molar-refractivity contribution in [3.63, 3.8) is 0 Å².